The van der Waals surface area contributed by atoms with Gasteiger partial charge in [-0.1, -0.05) is 4.65 Å². The minimum atomic E-state index is -0.972. The van der Waals surface area contributed by atoms with Crippen molar-refractivity contribution >= 4 is 6.09 Å². The maximum atomic E-state index is 10.3. The molecule has 4 nitrogen and oxygen atoms in total. The minimum absolute atomic E-state index is 0.389. The van der Waals surface area contributed by atoms with Gasteiger partial charge in [0.1, 0.15) is 13.6 Å². The molecule has 1 amide bonds. The summed E-state index contributed by atoms with van der Waals surface area (Å²) in [7, 11) is 2.86. The molecule has 54 valence electrons. The van der Waals surface area contributed by atoms with Crippen molar-refractivity contribution in [3.05, 3.63) is 0 Å². The maximum absolute atomic E-state index is 10.3. The van der Waals surface area contributed by atoms with Crippen LogP contribution in [0.4, 0.5) is 4.79 Å². The van der Waals surface area contributed by atoms with Crippen LogP contribution in [0.25, 0.3) is 0 Å². The van der Waals surface area contributed by atoms with Crippen molar-refractivity contribution in [1.29, 1.82) is 0 Å². The van der Waals surface area contributed by atoms with E-state index in [1.165, 1.54) is 14.2 Å². The maximum Gasteiger partial charge on any atom is 0.546 e. The van der Waals surface area contributed by atoms with Gasteiger partial charge < -0.3 is 5.11 Å². The summed E-state index contributed by atoms with van der Waals surface area (Å²) < 4.78 is -0.389. The number of hydrogen-bond donors (Lipinski definition) is 1. The van der Waals surface area contributed by atoms with Crippen molar-refractivity contribution in [2.45, 2.75) is 6.92 Å². The van der Waals surface area contributed by atoms with Gasteiger partial charge in [0.05, 0.1) is 7.11 Å². The van der Waals surface area contributed by atoms with E-state index in [0.717, 1.165) is 0 Å². The van der Waals surface area contributed by atoms with Crippen molar-refractivity contribution < 1.29 is 19.4 Å². The second-order valence-corrected chi connectivity index (χ2v) is 1.88. The van der Waals surface area contributed by atoms with Gasteiger partial charge in [0.2, 0.25) is 0 Å². The number of carbonyl (C=O) groups is 1. The zero-order valence-corrected chi connectivity index (χ0v) is 5.92. The zero-order valence-electron chi connectivity index (χ0n) is 5.92. The highest BCUT2D eigenvalue weighted by molar-refractivity contribution is 5.55. The molecule has 0 aromatic carbocycles. The highest BCUT2D eigenvalue weighted by Gasteiger charge is 2.30. The molecule has 0 saturated heterocycles. The van der Waals surface area contributed by atoms with Crippen molar-refractivity contribution in [2.75, 3.05) is 20.7 Å². The Hall–Kier alpha value is -0.610. The summed E-state index contributed by atoms with van der Waals surface area (Å²) in [4.78, 5) is 15.0. The lowest BCUT2D eigenvalue weighted by molar-refractivity contribution is -1.03. The fourth-order valence-electron chi connectivity index (χ4n) is 0.342. The van der Waals surface area contributed by atoms with Crippen LogP contribution in [0.15, 0.2) is 0 Å². The van der Waals surface area contributed by atoms with E-state index in [4.69, 9.17) is 5.11 Å². The van der Waals surface area contributed by atoms with E-state index in [2.05, 4.69) is 4.84 Å². The Kier molecular flexibility index (Phi) is 2.61. The van der Waals surface area contributed by atoms with Gasteiger partial charge in [-0.05, 0) is 6.92 Å². The number of rotatable bonds is 2. The fraction of sp³-hybridized carbons (Fsp3) is 0.800. The lowest BCUT2D eigenvalue weighted by Crippen LogP contribution is -2.46. The van der Waals surface area contributed by atoms with Crippen LogP contribution >= 0.6 is 0 Å². The van der Waals surface area contributed by atoms with Gasteiger partial charge in [0.15, 0.2) is 0 Å². The Balaban J connectivity index is 4.09. The standard InChI is InChI=1S/C5H11NO3/c1-4-6(2,9-3)5(7)8/h4H2,1-3H3/p+1. The van der Waals surface area contributed by atoms with Crippen molar-refractivity contribution in [2.24, 2.45) is 0 Å². The summed E-state index contributed by atoms with van der Waals surface area (Å²) in [6.07, 6.45) is -0.972. The molecule has 1 unspecified atom stereocenters. The molecule has 0 aliphatic rings. The summed E-state index contributed by atoms with van der Waals surface area (Å²) in [5, 5.41) is 8.48. The Bertz CT molecular complexity index is 109. The van der Waals surface area contributed by atoms with Gasteiger partial charge in [0, 0.05) is 0 Å². The Morgan fingerprint density at radius 3 is 2.22 bits per heavy atom. The van der Waals surface area contributed by atoms with E-state index < -0.39 is 6.09 Å². The van der Waals surface area contributed by atoms with Crippen LogP contribution in [0.1, 0.15) is 6.92 Å². The van der Waals surface area contributed by atoms with E-state index in [1.54, 1.807) is 6.92 Å². The van der Waals surface area contributed by atoms with Gasteiger partial charge in [-0.2, -0.15) is 9.63 Å². The first-order chi connectivity index (χ1) is 4.06. The predicted molar refractivity (Wildman–Crippen MR) is 31.8 cm³/mol. The molecule has 0 aromatic heterocycles. The van der Waals surface area contributed by atoms with Gasteiger partial charge in [-0.3, -0.25) is 0 Å². The third-order valence-electron chi connectivity index (χ3n) is 1.41. The molecule has 1 N–H and O–H groups in total. The summed E-state index contributed by atoms with van der Waals surface area (Å²) >= 11 is 0. The van der Waals surface area contributed by atoms with Gasteiger partial charge in [-0.25, -0.2) is 0 Å². The monoisotopic (exact) mass is 134 g/mol. The first-order valence-electron chi connectivity index (χ1n) is 2.71. The molecule has 0 fully saturated rings. The Morgan fingerprint density at radius 1 is 1.78 bits per heavy atom. The third-order valence-corrected chi connectivity index (χ3v) is 1.41. The van der Waals surface area contributed by atoms with E-state index in [-0.39, 0.29) is 4.65 Å². The largest absolute Gasteiger partial charge is 0.546 e. The smallest absolute Gasteiger partial charge is 0.433 e. The molecule has 0 radical (unpaired) electrons. The van der Waals surface area contributed by atoms with Crippen molar-refractivity contribution in [3.63, 3.8) is 0 Å². The number of hydrogen-bond acceptors (Lipinski definition) is 2. The number of nitrogens with zero attached hydrogens (tertiary/aromatic N) is 1. The van der Waals surface area contributed by atoms with E-state index >= 15 is 0 Å². The molecule has 1 atom stereocenters. The molecule has 9 heavy (non-hydrogen) atoms. The van der Waals surface area contributed by atoms with Crippen LogP contribution in [0.2, 0.25) is 0 Å². The lowest BCUT2D eigenvalue weighted by atomic mass is 10.6. The molecule has 0 heterocycles. The number of quaternary nitrogens is 1. The van der Waals surface area contributed by atoms with Crippen LogP contribution in [-0.4, -0.2) is 36.5 Å². The Morgan fingerprint density at radius 2 is 2.22 bits per heavy atom. The fourth-order valence-corrected chi connectivity index (χ4v) is 0.342. The lowest BCUT2D eigenvalue weighted by Gasteiger charge is -2.20. The average Bonchev–Trinajstić information content (AvgIpc) is 1.86. The second kappa shape index (κ2) is 2.80. The summed E-state index contributed by atoms with van der Waals surface area (Å²) in [5.74, 6) is 0. The third kappa shape index (κ3) is 1.65. The average molecular weight is 134 g/mol. The minimum Gasteiger partial charge on any atom is -0.433 e. The SMILES string of the molecule is CC[N+](C)(OC)C(=O)O. The summed E-state index contributed by atoms with van der Waals surface area (Å²) in [5.41, 5.74) is 0. The van der Waals surface area contributed by atoms with Crippen molar-refractivity contribution in [1.82, 2.24) is 0 Å². The molecule has 0 aromatic rings. The second-order valence-electron chi connectivity index (χ2n) is 1.88. The van der Waals surface area contributed by atoms with Crippen LogP contribution in [0.5, 0.6) is 0 Å². The topological polar surface area (TPSA) is 46.5 Å². The predicted octanol–water partition coefficient (Wildman–Crippen LogP) is 0.692. The molecular formula is C5H12NO3+. The first kappa shape index (κ1) is 8.39. The summed E-state index contributed by atoms with van der Waals surface area (Å²) in [6, 6.07) is 0. The molecule has 0 aliphatic carbocycles. The van der Waals surface area contributed by atoms with Crippen LogP contribution < -0.4 is 0 Å². The van der Waals surface area contributed by atoms with Crippen LogP contribution in [-0.2, 0) is 4.84 Å². The van der Waals surface area contributed by atoms with Crippen molar-refractivity contribution in [3.8, 4) is 0 Å². The Labute approximate surface area is 54.2 Å². The van der Waals surface area contributed by atoms with Gasteiger partial charge >= 0.3 is 6.09 Å². The molecule has 0 rings (SSSR count). The van der Waals surface area contributed by atoms with Gasteiger partial charge in [-0.15, -0.1) is 0 Å². The molecule has 0 spiro atoms. The first-order valence-corrected chi connectivity index (χ1v) is 2.71. The molecule has 0 bridgehead atoms. The highest BCUT2D eigenvalue weighted by Crippen LogP contribution is 2.00. The number of carboxylic acid groups (broad SMARTS) is 1. The molecule has 0 aliphatic heterocycles. The molecule has 0 saturated carbocycles. The molecular weight excluding hydrogens is 122 g/mol. The van der Waals surface area contributed by atoms with Crippen LogP contribution in [0, 0.1) is 0 Å². The zero-order chi connectivity index (χ0) is 7.49. The molecule has 4 heteroatoms. The highest BCUT2D eigenvalue weighted by atomic mass is 16.7. The summed E-state index contributed by atoms with van der Waals surface area (Å²) in [6.45, 7) is 2.17. The van der Waals surface area contributed by atoms with E-state index in [1.807, 2.05) is 0 Å². The number of hydroxylamine groups is 3. The van der Waals surface area contributed by atoms with E-state index in [9.17, 15) is 4.79 Å². The normalized spacial score (nSPS) is 16.8. The van der Waals surface area contributed by atoms with Crippen LogP contribution in [0.3, 0.4) is 0 Å². The van der Waals surface area contributed by atoms with Gasteiger partial charge in [0.25, 0.3) is 0 Å². The van der Waals surface area contributed by atoms with E-state index in [0.29, 0.717) is 6.54 Å². The quantitative estimate of drug-likeness (QED) is 0.446. The number of amides is 1.